The average molecular weight is 311 g/mol. The van der Waals surface area contributed by atoms with Crippen LogP contribution >= 0.6 is 0 Å². The van der Waals surface area contributed by atoms with Crippen LogP contribution in [0.2, 0.25) is 0 Å². The van der Waals surface area contributed by atoms with Crippen LogP contribution in [0.1, 0.15) is 0 Å². The number of anilines is 1. The second-order valence-corrected chi connectivity index (χ2v) is 5.04. The Labute approximate surface area is 125 Å². The summed E-state index contributed by atoms with van der Waals surface area (Å²) in [4.78, 5) is 12.2. The largest absolute Gasteiger partial charge is 0.479 e. The van der Waals surface area contributed by atoms with E-state index in [2.05, 4.69) is 15.0 Å². The van der Waals surface area contributed by atoms with E-state index >= 15 is 0 Å². The molecule has 4 atom stereocenters. The molecule has 2 aromatic rings. The first-order valence-corrected chi connectivity index (χ1v) is 6.70. The van der Waals surface area contributed by atoms with Crippen LogP contribution in [-0.2, 0) is 11.3 Å². The van der Waals surface area contributed by atoms with Crippen molar-refractivity contribution in [1.29, 1.82) is 0 Å². The SMILES string of the molecule is COc1nc(N)nc2c1ncn2C[C@@H]1O[C@H](CO)[C@@H](O)[C@H]1O. The Balaban J connectivity index is 1.90. The Hall–Kier alpha value is -2.01. The van der Waals surface area contributed by atoms with Crippen LogP contribution < -0.4 is 10.5 Å². The molecule has 0 saturated carbocycles. The van der Waals surface area contributed by atoms with Gasteiger partial charge in [0, 0.05) is 0 Å². The highest BCUT2D eigenvalue weighted by atomic mass is 16.6. The highest BCUT2D eigenvalue weighted by Gasteiger charge is 2.42. The number of rotatable bonds is 4. The van der Waals surface area contributed by atoms with E-state index in [-0.39, 0.29) is 25.0 Å². The molecule has 3 heterocycles. The van der Waals surface area contributed by atoms with E-state index in [1.54, 1.807) is 4.57 Å². The fraction of sp³-hybridized carbons (Fsp3) is 0.583. The van der Waals surface area contributed by atoms with Gasteiger partial charge in [-0.15, -0.1) is 0 Å². The van der Waals surface area contributed by atoms with Gasteiger partial charge in [-0.25, -0.2) is 4.98 Å². The zero-order valence-electron chi connectivity index (χ0n) is 11.8. The molecule has 10 heteroatoms. The van der Waals surface area contributed by atoms with Gasteiger partial charge in [-0.2, -0.15) is 9.97 Å². The van der Waals surface area contributed by atoms with Crippen LogP contribution in [0.5, 0.6) is 5.88 Å². The van der Waals surface area contributed by atoms with Crippen molar-refractivity contribution in [3.05, 3.63) is 6.33 Å². The van der Waals surface area contributed by atoms with E-state index in [0.717, 1.165) is 0 Å². The van der Waals surface area contributed by atoms with E-state index in [0.29, 0.717) is 11.2 Å². The van der Waals surface area contributed by atoms with Crippen LogP contribution in [0.15, 0.2) is 6.33 Å². The predicted octanol–water partition coefficient (Wildman–Crippen LogP) is -2.10. The van der Waals surface area contributed by atoms with Crippen LogP contribution in [0.25, 0.3) is 11.2 Å². The fourth-order valence-electron chi connectivity index (χ4n) is 2.53. The highest BCUT2D eigenvalue weighted by molar-refractivity contribution is 5.77. The van der Waals surface area contributed by atoms with Gasteiger partial charge in [-0.1, -0.05) is 0 Å². The third kappa shape index (κ3) is 2.35. The lowest BCUT2D eigenvalue weighted by Gasteiger charge is -2.15. The molecule has 10 nitrogen and oxygen atoms in total. The number of nitrogen functional groups attached to an aromatic ring is 1. The predicted molar refractivity (Wildman–Crippen MR) is 74.0 cm³/mol. The molecule has 22 heavy (non-hydrogen) atoms. The van der Waals surface area contributed by atoms with Gasteiger partial charge in [0.05, 0.1) is 26.6 Å². The van der Waals surface area contributed by atoms with E-state index in [9.17, 15) is 10.2 Å². The Bertz CT molecular complexity index is 677. The summed E-state index contributed by atoms with van der Waals surface area (Å²) in [7, 11) is 1.45. The van der Waals surface area contributed by atoms with Crippen molar-refractivity contribution in [3.8, 4) is 5.88 Å². The smallest absolute Gasteiger partial charge is 0.246 e. The van der Waals surface area contributed by atoms with Gasteiger partial charge in [0.15, 0.2) is 11.2 Å². The first-order chi connectivity index (χ1) is 10.5. The molecule has 0 bridgehead atoms. The molecule has 5 N–H and O–H groups in total. The molecule has 0 amide bonds. The number of aliphatic hydroxyl groups excluding tert-OH is 3. The Kier molecular flexibility index (Phi) is 3.83. The Morgan fingerprint density at radius 3 is 2.68 bits per heavy atom. The quantitative estimate of drug-likeness (QED) is 0.498. The topological polar surface area (TPSA) is 149 Å². The summed E-state index contributed by atoms with van der Waals surface area (Å²) < 4.78 is 12.2. The number of nitrogens with zero attached hydrogens (tertiary/aromatic N) is 4. The summed E-state index contributed by atoms with van der Waals surface area (Å²) >= 11 is 0. The number of hydrogen-bond donors (Lipinski definition) is 4. The number of aromatic nitrogens is 4. The van der Waals surface area contributed by atoms with Gasteiger partial charge < -0.3 is 35.1 Å². The molecule has 0 radical (unpaired) electrons. The molecule has 0 unspecified atom stereocenters. The molecular weight excluding hydrogens is 294 g/mol. The van der Waals surface area contributed by atoms with Crippen LogP contribution in [-0.4, -0.2) is 73.0 Å². The number of fused-ring (bicyclic) bond motifs is 1. The fourth-order valence-corrected chi connectivity index (χ4v) is 2.53. The lowest BCUT2D eigenvalue weighted by molar-refractivity contribution is -0.0262. The van der Waals surface area contributed by atoms with E-state index in [1.165, 1.54) is 13.4 Å². The maximum absolute atomic E-state index is 9.98. The molecule has 0 aromatic carbocycles. The van der Waals surface area contributed by atoms with Gasteiger partial charge >= 0.3 is 0 Å². The van der Waals surface area contributed by atoms with Crippen molar-refractivity contribution in [2.75, 3.05) is 19.5 Å². The van der Waals surface area contributed by atoms with Gasteiger partial charge in [0.25, 0.3) is 0 Å². The summed E-state index contributed by atoms with van der Waals surface area (Å²) in [6.45, 7) is -0.187. The molecule has 0 aliphatic carbocycles. The second-order valence-electron chi connectivity index (χ2n) is 5.04. The Morgan fingerprint density at radius 1 is 1.32 bits per heavy atom. The third-order valence-corrected chi connectivity index (χ3v) is 3.66. The zero-order valence-corrected chi connectivity index (χ0v) is 11.8. The van der Waals surface area contributed by atoms with Crippen molar-refractivity contribution in [2.45, 2.75) is 31.0 Å². The van der Waals surface area contributed by atoms with Crippen molar-refractivity contribution >= 4 is 17.1 Å². The maximum Gasteiger partial charge on any atom is 0.246 e. The summed E-state index contributed by atoms with van der Waals surface area (Å²) in [5.74, 6) is 0.287. The number of aliphatic hydroxyl groups is 3. The minimum atomic E-state index is -1.14. The molecule has 1 aliphatic heterocycles. The van der Waals surface area contributed by atoms with Gasteiger partial charge in [0.2, 0.25) is 11.8 Å². The molecule has 2 aromatic heterocycles. The summed E-state index contributed by atoms with van der Waals surface area (Å²) in [5.41, 5.74) is 6.50. The van der Waals surface area contributed by atoms with Crippen molar-refractivity contribution < 1.29 is 24.8 Å². The van der Waals surface area contributed by atoms with Crippen LogP contribution in [0.3, 0.4) is 0 Å². The standard InChI is InChI=1S/C12H17N5O5/c1-21-11-7-10(15-12(13)16-11)17(4-14-7)2-5-8(19)9(20)6(3-18)22-5/h4-6,8-9,18-20H,2-3H2,1H3,(H2,13,15,16)/t5-,6+,8-,9+/m0/s1. The monoisotopic (exact) mass is 311 g/mol. The highest BCUT2D eigenvalue weighted by Crippen LogP contribution is 2.25. The average Bonchev–Trinajstić information content (AvgIpc) is 3.03. The molecule has 1 aliphatic rings. The summed E-state index contributed by atoms with van der Waals surface area (Å²) in [5, 5.41) is 28.9. The summed E-state index contributed by atoms with van der Waals surface area (Å²) in [6.07, 6.45) is -2.28. The first-order valence-electron chi connectivity index (χ1n) is 6.70. The number of methoxy groups -OCH3 is 1. The lowest BCUT2D eigenvalue weighted by Crippen LogP contribution is -2.35. The van der Waals surface area contributed by atoms with E-state index in [4.69, 9.17) is 20.3 Å². The molecule has 1 saturated heterocycles. The van der Waals surface area contributed by atoms with Crippen molar-refractivity contribution in [3.63, 3.8) is 0 Å². The first kappa shape index (κ1) is 14.9. The van der Waals surface area contributed by atoms with Crippen molar-refractivity contribution in [2.24, 2.45) is 0 Å². The molecule has 1 fully saturated rings. The van der Waals surface area contributed by atoms with Crippen molar-refractivity contribution in [1.82, 2.24) is 19.5 Å². The second kappa shape index (κ2) is 5.65. The number of imidazole rings is 1. The van der Waals surface area contributed by atoms with E-state index in [1.807, 2.05) is 0 Å². The van der Waals surface area contributed by atoms with Gasteiger partial charge in [0.1, 0.15) is 24.4 Å². The normalized spacial score (nSPS) is 28.4. The minimum absolute atomic E-state index is 0.0345. The summed E-state index contributed by atoms with van der Waals surface area (Å²) in [6, 6.07) is 0. The van der Waals surface area contributed by atoms with Crippen LogP contribution in [0.4, 0.5) is 5.95 Å². The van der Waals surface area contributed by atoms with Gasteiger partial charge in [-0.3, -0.25) is 0 Å². The number of nitrogens with two attached hydrogens (primary N) is 1. The van der Waals surface area contributed by atoms with E-state index < -0.39 is 24.4 Å². The zero-order chi connectivity index (χ0) is 15.9. The minimum Gasteiger partial charge on any atom is -0.479 e. The Morgan fingerprint density at radius 2 is 2.05 bits per heavy atom. The van der Waals surface area contributed by atoms with Gasteiger partial charge in [-0.05, 0) is 0 Å². The van der Waals surface area contributed by atoms with Crippen LogP contribution in [0, 0.1) is 0 Å². The maximum atomic E-state index is 9.98. The number of ether oxygens (including phenoxy) is 2. The lowest BCUT2D eigenvalue weighted by atomic mass is 10.1. The molecule has 120 valence electrons. The number of hydrogen-bond acceptors (Lipinski definition) is 9. The molecular formula is C12H17N5O5. The molecule has 3 rings (SSSR count). The third-order valence-electron chi connectivity index (χ3n) is 3.66. The molecule has 0 spiro atoms.